The highest BCUT2D eigenvalue weighted by Gasteiger charge is 2.50. The number of halogens is 1. The van der Waals surface area contributed by atoms with Gasteiger partial charge in [0.25, 0.3) is 0 Å². The molecular weight excluding hydrogens is 213 g/mol. The van der Waals surface area contributed by atoms with E-state index in [0.29, 0.717) is 17.4 Å². The van der Waals surface area contributed by atoms with E-state index in [1.807, 2.05) is 6.92 Å². The summed E-state index contributed by atoms with van der Waals surface area (Å²) in [4.78, 5) is 0. The van der Waals surface area contributed by atoms with Gasteiger partial charge in [0.05, 0.1) is 0 Å². The van der Waals surface area contributed by atoms with Crippen molar-refractivity contribution < 1.29 is 4.39 Å². The normalized spacial score (nSPS) is 23.5. The Labute approximate surface area is 103 Å². The van der Waals surface area contributed by atoms with Gasteiger partial charge in [-0.25, -0.2) is 4.39 Å². The minimum absolute atomic E-state index is 0.124. The second-order valence-corrected chi connectivity index (χ2v) is 5.90. The first-order valence-corrected chi connectivity index (χ1v) is 6.44. The van der Waals surface area contributed by atoms with E-state index in [1.165, 1.54) is 6.42 Å². The second kappa shape index (κ2) is 4.41. The number of aryl methyl sites for hydroxylation is 1. The van der Waals surface area contributed by atoms with Gasteiger partial charge < -0.3 is 5.32 Å². The van der Waals surface area contributed by atoms with Crippen molar-refractivity contribution in [1.82, 2.24) is 5.32 Å². The van der Waals surface area contributed by atoms with Crippen LogP contribution in [0, 0.1) is 24.1 Å². The molecule has 0 amide bonds. The van der Waals surface area contributed by atoms with Crippen molar-refractivity contribution in [1.29, 1.82) is 0 Å². The average Bonchev–Trinajstić information content (AvgIpc) is 2.82. The van der Waals surface area contributed by atoms with Crippen LogP contribution in [0.3, 0.4) is 0 Å². The maximum absolute atomic E-state index is 13.5. The van der Waals surface area contributed by atoms with Gasteiger partial charge in [0.15, 0.2) is 0 Å². The summed E-state index contributed by atoms with van der Waals surface area (Å²) in [6.45, 7) is 9.55. The Balaban J connectivity index is 2.26. The lowest BCUT2D eigenvalue weighted by Crippen LogP contribution is -2.24. The van der Waals surface area contributed by atoms with Crippen LogP contribution in [0.5, 0.6) is 0 Å². The van der Waals surface area contributed by atoms with E-state index in [4.69, 9.17) is 0 Å². The van der Waals surface area contributed by atoms with Crippen molar-refractivity contribution in [2.45, 2.75) is 40.2 Å². The zero-order chi connectivity index (χ0) is 12.6. The molecule has 1 aromatic rings. The fraction of sp³-hybridized carbons (Fsp3) is 0.600. The van der Waals surface area contributed by atoms with Crippen LogP contribution in [0.25, 0.3) is 0 Å². The van der Waals surface area contributed by atoms with Crippen molar-refractivity contribution in [3.63, 3.8) is 0 Å². The molecule has 1 saturated carbocycles. The summed E-state index contributed by atoms with van der Waals surface area (Å²) in [5.74, 6) is 0.505. The molecule has 0 spiro atoms. The van der Waals surface area contributed by atoms with Gasteiger partial charge in [0.2, 0.25) is 0 Å². The molecule has 94 valence electrons. The van der Waals surface area contributed by atoms with Gasteiger partial charge in [0, 0.05) is 6.04 Å². The molecule has 2 rings (SSSR count). The fourth-order valence-electron chi connectivity index (χ4n) is 2.73. The summed E-state index contributed by atoms with van der Waals surface area (Å²) in [5, 5.41) is 3.50. The molecule has 0 aromatic heterocycles. The Morgan fingerprint density at radius 2 is 2.06 bits per heavy atom. The summed E-state index contributed by atoms with van der Waals surface area (Å²) in [5.41, 5.74) is 2.49. The van der Waals surface area contributed by atoms with Crippen molar-refractivity contribution in [3.8, 4) is 0 Å². The van der Waals surface area contributed by atoms with E-state index in [-0.39, 0.29) is 5.82 Å². The number of rotatable bonds is 4. The standard InChI is InChI=1S/C15H22FN/c1-5-17-14(13-9-15(13,3)4)11-6-10(2)7-12(16)8-11/h6-8,13-14,17H,5,9H2,1-4H3. The first kappa shape index (κ1) is 12.6. The monoisotopic (exact) mass is 235 g/mol. The summed E-state index contributed by atoms with van der Waals surface area (Å²) in [6, 6.07) is 5.66. The molecule has 1 aromatic carbocycles. The van der Waals surface area contributed by atoms with Crippen LogP contribution in [-0.4, -0.2) is 6.54 Å². The molecule has 1 aliphatic carbocycles. The molecule has 1 aliphatic rings. The van der Waals surface area contributed by atoms with Crippen molar-refractivity contribution in [2.75, 3.05) is 6.54 Å². The maximum atomic E-state index is 13.5. The minimum Gasteiger partial charge on any atom is -0.310 e. The average molecular weight is 235 g/mol. The van der Waals surface area contributed by atoms with Gasteiger partial charge in [-0.2, -0.15) is 0 Å². The molecule has 1 nitrogen and oxygen atoms in total. The topological polar surface area (TPSA) is 12.0 Å². The van der Waals surface area contributed by atoms with Crippen LogP contribution in [0.2, 0.25) is 0 Å². The second-order valence-electron chi connectivity index (χ2n) is 5.90. The zero-order valence-electron chi connectivity index (χ0n) is 11.2. The SMILES string of the molecule is CCNC(c1cc(C)cc(F)c1)C1CC1(C)C. The van der Waals surface area contributed by atoms with Crippen LogP contribution in [0.15, 0.2) is 18.2 Å². The molecule has 0 heterocycles. The van der Waals surface area contributed by atoms with Gasteiger partial charge in [-0.1, -0.05) is 26.8 Å². The Kier molecular flexibility index (Phi) is 3.26. The van der Waals surface area contributed by atoms with Gasteiger partial charge in [-0.15, -0.1) is 0 Å². The number of benzene rings is 1. The third-order valence-corrected chi connectivity index (χ3v) is 3.84. The Morgan fingerprint density at radius 1 is 1.41 bits per heavy atom. The van der Waals surface area contributed by atoms with E-state index in [9.17, 15) is 4.39 Å². The van der Waals surface area contributed by atoms with Crippen molar-refractivity contribution >= 4 is 0 Å². The molecule has 2 atom stereocenters. The maximum Gasteiger partial charge on any atom is 0.123 e. The van der Waals surface area contributed by atoms with E-state index < -0.39 is 0 Å². The van der Waals surface area contributed by atoms with Crippen molar-refractivity contribution in [3.05, 3.63) is 35.1 Å². The quantitative estimate of drug-likeness (QED) is 0.836. The molecule has 17 heavy (non-hydrogen) atoms. The predicted molar refractivity (Wildman–Crippen MR) is 69.4 cm³/mol. The first-order chi connectivity index (χ1) is 7.94. The van der Waals surface area contributed by atoms with E-state index >= 15 is 0 Å². The molecule has 0 aliphatic heterocycles. The third kappa shape index (κ3) is 2.68. The molecule has 2 unspecified atom stereocenters. The lowest BCUT2D eigenvalue weighted by atomic mass is 9.95. The minimum atomic E-state index is -0.124. The van der Waals surface area contributed by atoms with Crippen LogP contribution < -0.4 is 5.32 Å². The lowest BCUT2D eigenvalue weighted by molar-refractivity contribution is 0.422. The van der Waals surface area contributed by atoms with Crippen molar-refractivity contribution in [2.24, 2.45) is 11.3 Å². The number of hydrogen-bond acceptors (Lipinski definition) is 1. The number of nitrogens with one attached hydrogen (secondary N) is 1. The molecule has 1 fully saturated rings. The highest BCUT2D eigenvalue weighted by atomic mass is 19.1. The van der Waals surface area contributed by atoms with E-state index in [1.54, 1.807) is 12.1 Å². The largest absolute Gasteiger partial charge is 0.310 e. The van der Waals surface area contributed by atoms with E-state index in [0.717, 1.165) is 17.7 Å². The highest BCUT2D eigenvalue weighted by molar-refractivity contribution is 5.28. The molecular formula is C15H22FN. The third-order valence-electron chi connectivity index (χ3n) is 3.84. The Hall–Kier alpha value is -0.890. The van der Waals surface area contributed by atoms with Gasteiger partial charge in [-0.3, -0.25) is 0 Å². The number of hydrogen-bond donors (Lipinski definition) is 1. The predicted octanol–water partition coefficient (Wildman–Crippen LogP) is 3.83. The Morgan fingerprint density at radius 3 is 2.53 bits per heavy atom. The van der Waals surface area contributed by atoms with Crippen LogP contribution >= 0.6 is 0 Å². The highest BCUT2D eigenvalue weighted by Crippen LogP contribution is 2.57. The van der Waals surface area contributed by atoms with Crippen LogP contribution in [0.1, 0.15) is 44.4 Å². The molecule has 0 saturated heterocycles. The van der Waals surface area contributed by atoms with Crippen LogP contribution in [0.4, 0.5) is 4.39 Å². The first-order valence-electron chi connectivity index (χ1n) is 6.44. The zero-order valence-corrected chi connectivity index (χ0v) is 11.2. The molecule has 2 heteroatoms. The molecule has 1 N–H and O–H groups in total. The summed E-state index contributed by atoms with van der Waals surface area (Å²) < 4.78 is 13.5. The summed E-state index contributed by atoms with van der Waals surface area (Å²) in [6.07, 6.45) is 1.22. The lowest BCUT2D eigenvalue weighted by Gasteiger charge is -2.20. The molecule has 0 radical (unpaired) electrons. The fourth-order valence-corrected chi connectivity index (χ4v) is 2.73. The Bertz CT molecular complexity index is 391. The molecule has 0 bridgehead atoms. The summed E-state index contributed by atoms with van der Waals surface area (Å²) >= 11 is 0. The van der Waals surface area contributed by atoms with Crippen LogP contribution in [-0.2, 0) is 0 Å². The van der Waals surface area contributed by atoms with E-state index in [2.05, 4.69) is 32.2 Å². The van der Waals surface area contributed by atoms with Gasteiger partial charge in [0.1, 0.15) is 5.82 Å². The summed E-state index contributed by atoms with van der Waals surface area (Å²) in [7, 11) is 0. The van der Waals surface area contributed by atoms with Gasteiger partial charge >= 0.3 is 0 Å². The van der Waals surface area contributed by atoms with Gasteiger partial charge in [-0.05, 0) is 54.5 Å². The smallest absolute Gasteiger partial charge is 0.123 e.